The van der Waals surface area contributed by atoms with Crippen LogP contribution in [-0.4, -0.2) is 56.2 Å². The van der Waals surface area contributed by atoms with Crippen LogP contribution in [0.3, 0.4) is 0 Å². The molecule has 4 aromatic rings. The zero-order chi connectivity index (χ0) is 29.8. The van der Waals surface area contributed by atoms with Gasteiger partial charge in [-0.05, 0) is 67.1 Å². The summed E-state index contributed by atoms with van der Waals surface area (Å²) in [6, 6.07) is 15.5. The van der Waals surface area contributed by atoms with Gasteiger partial charge in [0.1, 0.15) is 17.2 Å². The normalized spacial score (nSPS) is 25.4. The molecule has 11 heteroatoms. The maximum Gasteiger partial charge on any atom is 0.277 e. The molecule has 1 aliphatic carbocycles. The van der Waals surface area contributed by atoms with Gasteiger partial charge in [-0.15, -0.1) is 0 Å². The number of benzene rings is 3. The minimum absolute atomic E-state index is 0. The molecule has 3 aromatic carbocycles. The highest BCUT2D eigenvalue weighted by Gasteiger charge is 2.69. The summed E-state index contributed by atoms with van der Waals surface area (Å²) in [5, 5.41) is 13.9. The van der Waals surface area contributed by atoms with Crippen LogP contribution in [0.15, 0.2) is 54.6 Å². The molecule has 1 aromatic heterocycles. The van der Waals surface area contributed by atoms with Crippen molar-refractivity contribution in [2.24, 2.45) is 5.92 Å². The molecule has 8 nitrogen and oxygen atoms in total. The summed E-state index contributed by atoms with van der Waals surface area (Å²) in [7, 11) is 1.28. The molecular formula is C33H32Cl2FN5O3. The fourth-order valence-corrected chi connectivity index (χ4v) is 8.27. The third kappa shape index (κ3) is 3.99. The zero-order valence-corrected chi connectivity index (χ0v) is 24.7. The average Bonchev–Trinajstić information content (AvgIpc) is 3.57. The number of carbonyl (C=O) groups is 2. The number of anilines is 1. The lowest BCUT2D eigenvalue weighted by Gasteiger charge is -2.40. The molecule has 2 N–H and O–H groups in total. The van der Waals surface area contributed by atoms with Crippen molar-refractivity contribution >= 4 is 51.7 Å². The lowest BCUT2D eigenvalue weighted by atomic mass is 9.70. The van der Waals surface area contributed by atoms with Gasteiger partial charge in [0.05, 0.1) is 16.1 Å². The number of hydrogen-bond acceptors (Lipinski definition) is 5. The molecule has 3 aliphatic heterocycles. The Morgan fingerprint density at radius 1 is 1.16 bits per heavy atom. The molecule has 2 fully saturated rings. The topological polar surface area (TPSA) is 90.7 Å². The van der Waals surface area contributed by atoms with E-state index in [0.29, 0.717) is 51.4 Å². The van der Waals surface area contributed by atoms with Crippen LogP contribution in [0, 0.1) is 11.7 Å². The second-order valence-corrected chi connectivity index (χ2v) is 13.0. The SMILES string of the molecule is C.CN(O)C(=O)c1ccc2c(c1)nc1n2CC[C@H]2[C@@H]1[C@H](c1cccc(Cl)c1F)[C@]1(C(=O)Nc3cc(Cl)ccc31)N2CC1CC1. The van der Waals surface area contributed by atoms with Crippen molar-refractivity contribution in [2.75, 3.05) is 18.9 Å². The van der Waals surface area contributed by atoms with Gasteiger partial charge in [0.15, 0.2) is 0 Å². The maximum absolute atomic E-state index is 16.2. The number of aromatic nitrogens is 2. The first kappa shape index (κ1) is 29.2. The minimum Gasteiger partial charge on any atom is -0.328 e. The molecule has 0 bridgehead atoms. The number of hydrogen-bond donors (Lipinski definition) is 2. The lowest BCUT2D eigenvalue weighted by molar-refractivity contribution is -0.128. The highest BCUT2D eigenvalue weighted by molar-refractivity contribution is 6.31. The molecule has 1 saturated heterocycles. The van der Waals surface area contributed by atoms with E-state index in [1.807, 2.05) is 12.1 Å². The van der Waals surface area contributed by atoms with Gasteiger partial charge in [0.25, 0.3) is 5.91 Å². The third-order valence-electron chi connectivity index (χ3n) is 9.80. The summed E-state index contributed by atoms with van der Waals surface area (Å²) >= 11 is 12.8. The van der Waals surface area contributed by atoms with E-state index in [-0.39, 0.29) is 30.3 Å². The van der Waals surface area contributed by atoms with E-state index >= 15 is 4.39 Å². The van der Waals surface area contributed by atoms with Crippen LogP contribution >= 0.6 is 23.2 Å². The van der Waals surface area contributed by atoms with Crippen LogP contribution in [0.2, 0.25) is 10.0 Å². The van der Waals surface area contributed by atoms with Gasteiger partial charge in [-0.25, -0.2) is 14.4 Å². The van der Waals surface area contributed by atoms with Crippen LogP contribution < -0.4 is 5.32 Å². The van der Waals surface area contributed by atoms with E-state index in [1.54, 1.807) is 36.4 Å². The predicted molar refractivity (Wildman–Crippen MR) is 167 cm³/mol. The van der Waals surface area contributed by atoms with Gasteiger partial charge in [-0.2, -0.15) is 0 Å². The summed E-state index contributed by atoms with van der Waals surface area (Å²) in [4.78, 5) is 34.5. The first-order valence-corrected chi connectivity index (χ1v) is 15.2. The molecular weight excluding hydrogens is 604 g/mol. The molecule has 1 spiro atoms. The number of imidazole rings is 1. The van der Waals surface area contributed by atoms with Crippen molar-refractivity contribution in [1.29, 1.82) is 0 Å². The molecule has 2 amide bonds. The van der Waals surface area contributed by atoms with Crippen LogP contribution in [0.4, 0.5) is 10.1 Å². The molecule has 0 unspecified atom stereocenters. The lowest BCUT2D eigenvalue weighted by Crippen LogP contribution is -2.53. The molecule has 228 valence electrons. The number of rotatable bonds is 4. The number of nitrogens with zero attached hydrogens (tertiary/aromatic N) is 4. The molecule has 4 heterocycles. The van der Waals surface area contributed by atoms with Crippen LogP contribution in [-0.2, 0) is 16.9 Å². The predicted octanol–water partition coefficient (Wildman–Crippen LogP) is 6.79. The number of amides is 2. The zero-order valence-electron chi connectivity index (χ0n) is 23.2. The van der Waals surface area contributed by atoms with Crippen molar-refractivity contribution < 1.29 is 19.2 Å². The van der Waals surface area contributed by atoms with Gasteiger partial charge in [-0.3, -0.25) is 19.7 Å². The van der Waals surface area contributed by atoms with Crippen LogP contribution in [0.25, 0.3) is 11.0 Å². The van der Waals surface area contributed by atoms with Gasteiger partial charge in [0.2, 0.25) is 5.91 Å². The second kappa shape index (κ2) is 10.3. The van der Waals surface area contributed by atoms with E-state index in [2.05, 4.69) is 14.8 Å². The number of nitrogens with one attached hydrogen (secondary N) is 1. The Hall–Kier alpha value is -3.50. The highest BCUT2D eigenvalue weighted by atomic mass is 35.5. The molecule has 8 rings (SSSR count). The summed E-state index contributed by atoms with van der Waals surface area (Å²) in [6.45, 7) is 1.36. The Bertz CT molecular complexity index is 1860. The molecule has 4 atom stereocenters. The first-order chi connectivity index (χ1) is 20.7. The van der Waals surface area contributed by atoms with Gasteiger partial charge >= 0.3 is 0 Å². The third-order valence-corrected chi connectivity index (χ3v) is 10.3. The van der Waals surface area contributed by atoms with Crippen molar-refractivity contribution in [3.8, 4) is 0 Å². The van der Waals surface area contributed by atoms with E-state index in [4.69, 9.17) is 28.2 Å². The van der Waals surface area contributed by atoms with Gasteiger partial charge in [0, 0.05) is 59.9 Å². The van der Waals surface area contributed by atoms with Gasteiger partial charge in [-0.1, -0.05) is 48.8 Å². The molecule has 1 saturated carbocycles. The van der Waals surface area contributed by atoms with E-state index in [0.717, 1.165) is 36.2 Å². The Kier molecular flexibility index (Phi) is 6.82. The second-order valence-electron chi connectivity index (χ2n) is 12.2. The molecule has 44 heavy (non-hydrogen) atoms. The summed E-state index contributed by atoms with van der Waals surface area (Å²) < 4.78 is 18.4. The minimum atomic E-state index is -1.21. The maximum atomic E-state index is 16.2. The van der Waals surface area contributed by atoms with Crippen molar-refractivity contribution in [3.05, 3.63) is 93.0 Å². The van der Waals surface area contributed by atoms with Crippen LogP contribution in [0.5, 0.6) is 0 Å². The number of aryl methyl sites for hydroxylation is 1. The summed E-state index contributed by atoms with van der Waals surface area (Å²) in [5.74, 6) is -1.11. The average molecular weight is 637 g/mol. The quantitative estimate of drug-likeness (QED) is 0.190. The van der Waals surface area contributed by atoms with E-state index in [1.165, 1.54) is 13.1 Å². The van der Waals surface area contributed by atoms with Crippen molar-refractivity contribution in [3.63, 3.8) is 0 Å². The van der Waals surface area contributed by atoms with Crippen molar-refractivity contribution in [1.82, 2.24) is 19.5 Å². The number of halogens is 3. The number of likely N-dealkylation sites (tertiary alicyclic amines) is 1. The molecule has 0 radical (unpaired) electrons. The number of hydroxylamine groups is 2. The smallest absolute Gasteiger partial charge is 0.277 e. The van der Waals surface area contributed by atoms with Crippen molar-refractivity contribution in [2.45, 2.75) is 56.7 Å². The van der Waals surface area contributed by atoms with Gasteiger partial charge < -0.3 is 9.88 Å². The van der Waals surface area contributed by atoms with E-state index < -0.39 is 23.2 Å². The molecule has 4 aliphatic rings. The number of fused-ring (bicyclic) bond motifs is 7. The van der Waals surface area contributed by atoms with E-state index in [9.17, 15) is 14.8 Å². The highest BCUT2D eigenvalue weighted by Crippen LogP contribution is 2.64. The summed E-state index contributed by atoms with van der Waals surface area (Å²) in [6.07, 6.45) is 2.90. The Labute approximate surface area is 264 Å². The number of carbonyl (C=O) groups excluding carboxylic acids is 2. The fraction of sp³-hybridized carbons (Fsp3) is 0.364. The largest absolute Gasteiger partial charge is 0.328 e. The standard InChI is InChI=1S/C32H28Cl2FN5O3.CH4/c1-38(43)30(41)17-7-10-24-23(13-17)36-29-26-25(11-12-39(24)29)40(15-16-5-6-16)32(27(26)19-3-2-4-21(34)28(19)35)20-9-8-18(33)14-22(20)37-31(32)42;/h2-4,7-10,13-14,16,25-27,43H,5-6,11-12,15H2,1H3,(H,37,42);1H4/t25-,26+,27-,32+;/m0./s1. The Morgan fingerprint density at radius 3 is 2.70 bits per heavy atom. The fourth-order valence-electron chi connectivity index (χ4n) is 7.91. The first-order valence-electron chi connectivity index (χ1n) is 14.5. The monoisotopic (exact) mass is 635 g/mol. The summed E-state index contributed by atoms with van der Waals surface area (Å²) in [5.41, 5.74) is 2.33. The van der Waals surface area contributed by atoms with Crippen LogP contribution in [0.1, 0.15) is 65.8 Å². The Balaban J connectivity index is 0.00000312. The Morgan fingerprint density at radius 2 is 1.95 bits per heavy atom.